The number of likely N-dealkylation sites (N-methyl/N-ethyl adjacent to an activating group) is 1. The van der Waals surface area contributed by atoms with Crippen molar-refractivity contribution in [3.05, 3.63) is 28.2 Å². The summed E-state index contributed by atoms with van der Waals surface area (Å²) in [4.78, 5) is 25.0. The van der Waals surface area contributed by atoms with Gasteiger partial charge in [-0.3, -0.25) is 14.5 Å². The number of para-hydroxylation sites is 1. The summed E-state index contributed by atoms with van der Waals surface area (Å²) in [5, 5.41) is 3.42. The number of carbonyl (C=O) groups excluding carboxylic acids is 2. The molecular weight excluding hydrogens is 315 g/mol. The Labute approximate surface area is 134 Å². The third kappa shape index (κ3) is 5.53. The van der Waals surface area contributed by atoms with Gasteiger partial charge in [-0.05, 0) is 19.2 Å². The molecule has 0 aromatic heterocycles. The van der Waals surface area contributed by atoms with Crippen LogP contribution in [0.2, 0.25) is 10.0 Å². The third-order valence-corrected chi connectivity index (χ3v) is 3.46. The van der Waals surface area contributed by atoms with E-state index >= 15 is 0 Å². The third-order valence-electron chi connectivity index (χ3n) is 2.83. The van der Waals surface area contributed by atoms with Gasteiger partial charge in [0.2, 0.25) is 5.91 Å². The van der Waals surface area contributed by atoms with Crippen LogP contribution in [0.5, 0.6) is 0 Å². The quantitative estimate of drug-likeness (QED) is 0.813. The Bertz CT molecular complexity index is 503. The highest BCUT2D eigenvalue weighted by molar-refractivity contribution is 6.39. The van der Waals surface area contributed by atoms with Crippen LogP contribution < -0.4 is 5.32 Å². The molecule has 0 radical (unpaired) electrons. The molecule has 21 heavy (non-hydrogen) atoms. The molecule has 0 saturated heterocycles. The molecule has 1 unspecified atom stereocenters. The summed E-state index contributed by atoms with van der Waals surface area (Å²) in [6.07, 6.45) is 0. The van der Waals surface area contributed by atoms with Crippen LogP contribution in [-0.2, 0) is 14.3 Å². The average Bonchev–Trinajstić information content (AvgIpc) is 2.41. The number of halogens is 2. The van der Waals surface area contributed by atoms with E-state index in [0.29, 0.717) is 22.3 Å². The summed E-state index contributed by atoms with van der Waals surface area (Å²) in [6.45, 7) is 2.27. The molecule has 0 aliphatic heterocycles. The van der Waals surface area contributed by atoms with Gasteiger partial charge in [-0.1, -0.05) is 36.2 Å². The van der Waals surface area contributed by atoms with Gasteiger partial charge in [0.25, 0.3) is 0 Å². The molecular formula is C14H18Cl2N2O3. The van der Waals surface area contributed by atoms with Crippen molar-refractivity contribution >= 4 is 40.8 Å². The van der Waals surface area contributed by atoms with E-state index in [2.05, 4.69) is 10.1 Å². The largest absolute Gasteiger partial charge is 0.469 e. The van der Waals surface area contributed by atoms with Gasteiger partial charge in [0.15, 0.2) is 0 Å². The summed E-state index contributed by atoms with van der Waals surface area (Å²) < 4.78 is 4.64. The van der Waals surface area contributed by atoms with Gasteiger partial charge in [0.1, 0.15) is 0 Å². The number of hydrogen-bond donors (Lipinski definition) is 1. The highest BCUT2D eigenvalue weighted by atomic mass is 35.5. The lowest BCUT2D eigenvalue weighted by Gasteiger charge is -2.19. The van der Waals surface area contributed by atoms with Gasteiger partial charge in [0, 0.05) is 6.54 Å². The normalized spacial score (nSPS) is 12.1. The number of esters is 1. The summed E-state index contributed by atoms with van der Waals surface area (Å²) in [7, 11) is 3.08. The molecule has 5 nitrogen and oxygen atoms in total. The van der Waals surface area contributed by atoms with Crippen LogP contribution >= 0.6 is 23.2 Å². The molecule has 1 atom stereocenters. The van der Waals surface area contributed by atoms with Crippen molar-refractivity contribution in [1.29, 1.82) is 0 Å². The van der Waals surface area contributed by atoms with Crippen molar-refractivity contribution in [2.75, 3.05) is 32.6 Å². The number of nitrogens with zero attached hydrogens (tertiary/aromatic N) is 1. The Morgan fingerprint density at radius 3 is 2.43 bits per heavy atom. The molecule has 1 N–H and O–H groups in total. The highest BCUT2D eigenvalue weighted by Crippen LogP contribution is 2.29. The molecule has 7 heteroatoms. The van der Waals surface area contributed by atoms with Crippen molar-refractivity contribution in [3.63, 3.8) is 0 Å². The molecule has 1 aromatic rings. The van der Waals surface area contributed by atoms with Crippen LogP contribution in [0.25, 0.3) is 0 Å². The number of rotatable bonds is 6. The van der Waals surface area contributed by atoms with E-state index in [-0.39, 0.29) is 24.3 Å². The second kappa shape index (κ2) is 8.22. The van der Waals surface area contributed by atoms with Crippen LogP contribution in [0.4, 0.5) is 5.69 Å². The minimum atomic E-state index is -0.309. The zero-order valence-corrected chi connectivity index (χ0v) is 13.7. The first-order valence-electron chi connectivity index (χ1n) is 6.35. The van der Waals surface area contributed by atoms with Crippen LogP contribution in [0, 0.1) is 5.92 Å². The monoisotopic (exact) mass is 332 g/mol. The number of amides is 1. The minimum Gasteiger partial charge on any atom is -0.469 e. The molecule has 1 aromatic carbocycles. The average molecular weight is 333 g/mol. The Morgan fingerprint density at radius 2 is 1.90 bits per heavy atom. The fourth-order valence-electron chi connectivity index (χ4n) is 1.85. The van der Waals surface area contributed by atoms with Crippen LogP contribution in [-0.4, -0.2) is 44.0 Å². The Balaban J connectivity index is 2.56. The van der Waals surface area contributed by atoms with Crippen molar-refractivity contribution in [3.8, 4) is 0 Å². The second-order valence-electron chi connectivity index (χ2n) is 4.77. The number of nitrogens with one attached hydrogen (secondary N) is 1. The molecule has 0 saturated carbocycles. The molecule has 1 amide bonds. The Hall–Kier alpha value is -1.30. The smallest absolute Gasteiger partial charge is 0.309 e. The van der Waals surface area contributed by atoms with Gasteiger partial charge < -0.3 is 10.1 Å². The Kier molecular flexibility index (Phi) is 6.95. The standard InChI is InChI=1S/C14H18Cl2N2O3/c1-9(14(20)21-3)7-18(2)8-12(19)17-13-10(15)5-4-6-11(13)16/h4-6,9H,7-8H2,1-3H3,(H,17,19). The van der Waals surface area contributed by atoms with E-state index in [4.69, 9.17) is 23.2 Å². The van der Waals surface area contributed by atoms with E-state index in [0.717, 1.165) is 0 Å². The molecule has 0 heterocycles. The molecule has 0 fully saturated rings. The van der Waals surface area contributed by atoms with Gasteiger partial charge in [-0.15, -0.1) is 0 Å². The van der Waals surface area contributed by atoms with Gasteiger partial charge in [-0.25, -0.2) is 0 Å². The first-order chi connectivity index (χ1) is 9.85. The molecule has 0 bridgehead atoms. The molecule has 0 aliphatic rings. The van der Waals surface area contributed by atoms with E-state index < -0.39 is 0 Å². The highest BCUT2D eigenvalue weighted by Gasteiger charge is 2.17. The topological polar surface area (TPSA) is 58.6 Å². The Morgan fingerprint density at radius 1 is 1.33 bits per heavy atom. The molecule has 0 aliphatic carbocycles. The number of hydrogen-bond acceptors (Lipinski definition) is 4. The maximum Gasteiger partial charge on any atom is 0.309 e. The van der Waals surface area contributed by atoms with Crippen LogP contribution in [0.15, 0.2) is 18.2 Å². The summed E-state index contributed by atoms with van der Waals surface area (Å²) in [5.41, 5.74) is 0.389. The lowest BCUT2D eigenvalue weighted by molar-refractivity contribution is -0.145. The maximum absolute atomic E-state index is 12.0. The van der Waals surface area contributed by atoms with E-state index in [9.17, 15) is 9.59 Å². The van der Waals surface area contributed by atoms with Gasteiger partial charge in [-0.2, -0.15) is 0 Å². The number of carbonyl (C=O) groups is 2. The van der Waals surface area contributed by atoms with E-state index in [1.807, 2.05) is 0 Å². The van der Waals surface area contributed by atoms with Crippen LogP contribution in [0.1, 0.15) is 6.92 Å². The number of benzene rings is 1. The molecule has 116 valence electrons. The number of ether oxygens (including phenoxy) is 1. The van der Waals surface area contributed by atoms with E-state index in [1.54, 1.807) is 37.1 Å². The first-order valence-corrected chi connectivity index (χ1v) is 7.11. The zero-order chi connectivity index (χ0) is 16.0. The second-order valence-corrected chi connectivity index (χ2v) is 5.58. The molecule has 1 rings (SSSR count). The minimum absolute atomic E-state index is 0.114. The predicted octanol–water partition coefficient (Wildman–Crippen LogP) is 2.67. The van der Waals surface area contributed by atoms with Gasteiger partial charge >= 0.3 is 5.97 Å². The van der Waals surface area contributed by atoms with Crippen molar-refractivity contribution in [2.24, 2.45) is 5.92 Å². The maximum atomic E-state index is 12.0. The van der Waals surface area contributed by atoms with E-state index in [1.165, 1.54) is 7.11 Å². The lowest BCUT2D eigenvalue weighted by atomic mass is 10.2. The van der Waals surface area contributed by atoms with Crippen LogP contribution in [0.3, 0.4) is 0 Å². The summed E-state index contributed by atoms with van der Waals surface area (Å²) in [6, 6.07) is 4.99. The first kappa shape index (κ1) is 17.8. The van der Waals surface area contributed by atoms with Gasteiger partial charge in [0.05, 0.1) is 35.3 Å². The molecule has 0 spiro atoms. The number of anilines is 1. The lowest BCUT2D eigenvalue weighted by Crippen LogP contribution is -2.35. The fraction of sp³-hybridized carbons (Fsp3) is 0.429. The number of methoxy groups -OCH3 is 1. The summed E-state index contributed by atoms with van der Waals surface area (Å²) >= 11 is 12.0. The van der Waals surface area contributed by atoms with Crippen molar-refractivity contribution < 1.29 is 14.3 Å². The predicted molar refractivity (Wildman–Crippen MR) is 83.8 cm³/mol. The SMILES string of the molecule is COC(=O)C(C)CN(C)CC(=O)Nc1c(Cl)cccc1Cl. The summed E-state index contributed by atoms with van der Waals surface area (Å²) in [5.74, 6) is -0.877. The van der Waals surface area contributed by atoms with Crippen molar-refractivity contribution in [2.45, 2.75) is 6.92 Å². The fourth-order valence-corrected chi connectivity index (χ4v) is 2.34. The zero-order valence-electron chi connectivity index (χ0n) is 12.2. The van der Waals surface area contributed by atoms with Crippen molar-refractivity contribution in [1.82, 2.24) is 4.90 Å².